The molecule has 1 aromatic carbocycles. The van der Waals surface area contributed by atoms with Crippen molar-refractivity contribution in [3.63, 3.8) is 0 Å². The molecule has 0 heterocycles. The van der Waals surface area contributed by atoms with E-state index in [0.29, 0.717) is 0 Å². The summed E-state index contributed by atoms with van der Waals surface area (Å²) >= 11 is 0. The lowest BCUT2D eigenvalue weighted by molar-refractivity contribution is 1.24. The summed E-state index contributed by atoms with van der Waals surface area (Å²) in [5, 5.41) is 0. The highest BCUT2D eigenvalue weighted by Gasteiger charge is 1.86. The van der Waals surface area contributed by atoms with E-state index in [-0.39, 0.29) is 0 Å². The van der Waals surface area contributed by atoms with Gasteiger partial charge in [-0.15, -0.1) is 0 Å². The first kappa shape index (κ1) is 9.79. The molecule has 68 valence electrons. The Balaban J connectivity index is 2.56. The molecule has 0 fully saturated rings. The average Bonchev–Trinajstić information content (AvgIpc) is 2.17. The third-order valence-electron chi connectivity index (χ3n) is 1.93. The second-order valence-corrected chi connectivity index (χ2v) is 3.14. The molecule has 1 rings (SSSR count). The highest BCUT2D eigenvalue weighted by atomic mass is 13.9. The van der Waals surface area contributed by atoms with Crippen molar-refractivity contribution < 1.29 is 0 Å². The van der Waals surface area contributed by atoms with Gasteiger partial charge in [-0.05, 0) is 25.8 Å². The molecule has 0 aromatic heterocycles. The van der Waals surface area contributed by atoms with Crippen LogP contribution in [0.2, 0.25) is 0 Å². The lowest BCUT2D eigenvalue weighted by Crippen LogP contribution is -1.80. The summed E-state index contributed by atoms with van der Waals surface area (Å²) in [4.78, 5) is 0. The molecule has 13 heavy (non-hydrogen) atoms. The lowest BCUT2D eigenvalue weighted by Gasteiger charge is -1.95. The first-order valence-corrected chi connectivity index (χ1v) is 4.66. The monoisotopic (exact) mass is 172 g/mol. The molecule has 0 atom stereocenters. The predicted molar refractivity (Wildman–Crippen MR) is 58.7 cm³/mol. The van der Waals surface area contributed by atoms with E-state index in [4.69, 9.17) is 0 Å². The van der Waals surface area contributed by atoms with Crippen LogP contribution in [0, 0.1) is 0 Å². The van der Waals surface area contributed by atoms with Crippen molar-refractivity contribution >= 4 is 0 Å². The fraction of sp³-hybridized carbons (Fsp3) is 0.231. The van der Waals surface area contributed by atoms with E-state index in [2.05, 4.69) is 49.4 Å². The Labute approximate surface area is 80.6 Å². The number of hydrogen-bond acceptors (Lipinski definition) is 0. The van der Waals surface area contributed by atoms with Crippen molar-refractivity contribution in [1.29, 1.82) is 0 Å². The smallest absolute Gasteiger partial charge is 0.00917 e. The normalized spacial score (nSPS) is 12.3. The van der Waals surface area contributed by atoms with Crippen LogP contribution in [-0.2, 0) is 6.42 Å². The zero-order valence-corrected chi connectivity index (χ0v) is 8.33. The van der Waals surface area contributed by atoms with Gasteiger partial charge >= 0.3 is 0 Å². The number of allylic oxidation sites excluding steroid dienone is 4. The van der Waals surface area contributed by atoms with E-state index >= 15 is 0 Å². The van der Waals surface area contributed by atoms with Gasteiger partial charge in [0.05, 0.1) is 0 Å². The van der Waals surface area contributed by atoms with Crippen molar-refractivity contribution in [3.05, 3.63) is 59.7 Å². The summed E-state index contributed by atoms with van der Waals surface area (Å²) in [7, 11) is 0. The molecule has 1 aromatic rings. The number of hydrogen-bond donors (Lipinski definition) is 0. The van der Waals surface area contributed by atoms with Crippen LogP contribution in [0.25, 0.3) is 0 Å². The van der Waals surface area contributed by atoms with Gasteiger partial charge in [0.2, 0.25) is 0 Å². The molecule has 0 radical (unpaired) electrons. The molecule has 0 bridgehead atoms. The van der Waals surface area contributed by atoms with Crippen LogP contribution in [-0.4, -0.2) is 0 Å². The second kappa shape index (κ2) is 5.36. The topological polar surface area (TPSA) is 0 Å². The van der Waals surface area contributed by atoms with Gasteiger partial charge in [-0.2, -0.15) is 0 Å². The predicted octanol–water partition coefficient (Wildman–Crippen LogP) is 3.75. The molecule has 0 nitrogen and oxygen atoms in total. The molecule has 0 aliphatic heterocycles. The van der Waals surface area contributed by atoms with E-state index in [1.165, 1.54) is 11.1 Å². The SMILES string of the molecule is C/C=C\C(C)=C\Cc1ccccc1. The molecule has 0 unspecified atom stereocenters. The molecular formula is C13H16. The van der Waals surface area contributed by atoms with Gasteiger partial charge in [-0.3, -0.25) is 0 Å². The number of rotatable bonds is 3. The van der Waals surface area contributed by atoms with Gasteiger partial charge in [0.15, 0.2) is 0 Å². The van der Waals surface area contributed by atoms with Crippen LogP contribution < -0.4 is 0 Å². The Morgan fingerprint density at radius 3 is 2.54 bits per heavy atom. The quantitative estimate of drug-likeness (QED) is 0.609. The fourth-order valence-corrected chi connectivity index (χ4v) is 1.22. The third kappa shape index (κ3) is 3.75. The lowest BCUT2D eigenvalue weighted by atomic mass is 10.1. The molecule has 0 amide bonds. The Morgan fingerprint density at radius 1 is 1.23 bits per heavy atom. The van der Waals surface area contributed by atoms with Crippen molar-refractivity contribution in [2.45, 2.75) is 20.3 Å². The van der Waals surface area contributed by atoms with Gasteiger partial charge in [-0.1, -0.05) is 54.1 Å². The third-order valence-corrected chi connectivity index (χ3v) is 1.93. The largest absolute Gasteiger partial charge is 0.0874 e. The standard InChI is InChI=1S/C13H16/c1-3-7-12(2)10-11-13-8-5-4-6-9-13/h3-10H,11H2,1-2H3/b7-3-,12-10+. The minimum absolute atomic E-state index is 1.02. The van der Waals surface area contributed by atoms with Gasteiger partial charge in [0, 0.05) is 0 Å². The zero-order valence-electron chi connectivity index (χ0n) is 8.33. The highest BCUT2D eigenvalue weighted by Crippen LogP contribution is 2.03. The Bertz CT molecular complexity index is 291. The molecule has 0 heteroatoms. The molecule has 0 saturated carbocycles. The van der Waals surface area contributed by atoms with Crippen molar-refractivity contribution in [3.8, 4) is 0 Å². The van der Waals surface area contributed by atoms with E-state index in [1.807, 2.05) is 13.0 Å². The van der Waals surface area contributed by atoms with Crippen LogP contribution in [0.5, 0.6) is 0 Å². The van der Waals surface area contributed by atoms with Gasteiger partial charge < -0.3 is 0 Å². The number of benzene rings is 1. The van der Waals surface area contributed by atoms with Crippen LogP contribution in [0.4, 0.5) is 0 Å². The van der Waals surface area contributed by atoms with Crippen LogP contribution in [0.1, 0.15) is 19.4 Å². The summed E-state index contributed by atoms with van der Waals surface area (Å²) in [5.41, 5.74) is 2.69. The fourth-order valence-electron chi connectivity index (χ4n) is 1.22. The maximum Gasteiger partial charge on any atom is -0.00917 e. The molecular weight excluding hydrogens is 156 g/mol. The van der Waals surface area contributed by atoms with Crippen LogP contribution in [0.3, 0.4) is 0 Å². The van der Waals surface area contributed by atoms with Gasteiger partial charge in [-0.25, -0.2) is 0 Å². The molecule has 0 saturated heterocycles. The Kier molecular flexibility index (Phi) is 4.04. The van der Waals surface area contributed by atoms with Gasteiger partial charge in [0.1, 0.15) is 0 Å². The first-order chi connectivity index (χ1) is 6.33. The minimum atomic E-state index is 1.02. The maximum atomic E-state index is 2.25. The zero-order chi connectivity index (χ0) is 9.52. The van der Waals surface area contributed by atoms with Crippen LogP contribution in [0.15, 0.2) is 54.1 Å². The summed E-state index contributed by atoms with van der Waals surface area (Å²) < 4.78 is 0. The maximum absolute atomic E-state index is 2.25. The van der Waals surface area contributed by atoms with Crippen LogP contribution >= 0.6 is 0 Å². The van der Waals surface area contributed by atoms with E-state index in [0.717, 1.165) is 6.42 Å². The minimum Gasteiger partial charge on any atom is -0.0874 e. The van der Waals surface area contributed by atoms with Crippen molar-refractivity contribution in [2.75, 3.05) is 0 Å². The Hall–Kier alpha value is -1.30. The first-order valence-electron chi connectivity index (χ1n) is 4.66. The second-order valence-electron chi connectivity index (χ2n) is 3.14. The van der Waals surface area contributed by atoms with Crippen molar-refractivity contribution in [2.24, 2.45) is 0 Å². The average molecular weight is 172 g/mol. The molecule has 0 spiro atoms. The summed E-state index contributed by atoms with van der Waals surface area (Å²) in [6.45, 7) is 4.17. The summed E-state index contributed by atoms with van der Waals surface area (Å²) in [6, 6.07) is 10.5. The van der Waals surface area contributed by atoms with Crippen molar-refractivity contribution in [1.82, 2.24) is 0 Å². The van der Waals surface area contributed by atoms with Gasteiger partial charge in [0.25, 0.3) is 0 Å². The molecule has 0 aliphatic rings. The summed E-state index contributed by atoms with van der Waals surface area (Å²) in [5.74, 6) is 0. The van der Waals surface area contributed by atoms with E-state index in [9.17, 15) is 0 Å². The molecule has 0 N–H and O–H groups in total. The summed E-state index contributed by atoms with van der Waals surface area (Å²) in [6.07, 6.45) is 7.46. The van der Waals surface area contributed by atoms with E-state index < -0.39 is 0 Å². The highest BCUT2D eigenvalue weighted by molar-refractivity contribution is 5.22. The Morgan fingerprint density at radius 2 is 1.92 bits per heavy atom. The molecule has 0 aliphatic carbocycles. The van der Waals surface area contributed by atoms with E-state index in [1.54, 1.807) is 0 Å².